The first-order valence-corrected chi connectivity index (χ1v) is 6.13. The van der Waals surface area contributed by atoms with Crippen LogP contribution in [0.4, 0.5) is 0 Å². The van der Waals surface area contributed by atoms with Crippen molar-refractivity contribution < 1.29 is 23.9 Å². The van der Waals surface area contributed by atoms with Crippen molar-refractivity contribution in [3.8, 4) is 0 Å². The van der Waals surface area contributed by atoms with Crippen LogP contribution in [0.15, 0.2) is 0 Å². The molecule has 0 heterocycles. The summed E-state index contributed by atoms with van der Waals surface area (Å²) in [5.74, 6) is -1.80. The van der Waals surface area contributed by atoms with Crippen LogP contribution in [-0.4, -0.2) is 36.3 Å². The van der Waals surface area contributed by atoms with Gasteiger partial charge in [-0.25, -0.2) is 9.59 Å². The fourth-order valence-corrected chi connectivity index (χ4v) is 2.79. The van der Waals surface area contributed by atoms with Gasteiger partial charge in [-0.05, 0) is 12.8 Å². The second-order valence-corrected chi connectivity index (χ2v) is 5.28. The van der Waals surface area contributed by atoms with E-state index in [4.69, 9.17) is 0 Å². The van der Waals surface area contributed by atoms with E-state index in [9.17, 15) is 14.4 Å². The van der Waals surface area contributed by atoms with Gasteiger partial charge in [-0.15, -0.1) is 0 Å². The molecule has 0 aromatic carbocycles. The highest BCUT2D eigenvalue weighted by atomic mass is 79.9. The topological polar surface area (TPSA) is 69.7 Å². The average molecular weight is 307 g/mol. The largest absolute Gasteiger partial charge is 0.468 e. The Morgan fingerprint density at radius 3 is 2.24 bits per heavy atom. The Morgan fingerprint density at radius 2 is 1.82 bits per heavy atom. The van der Waals surface area contributed by atoms with Crippen LogP contribution in [0.2, 0.25) is 0 Å². The first-order chi connectivity index (χ1) is 7.96. The van der Waals surface area contributed by atoms with Crippen molar-refractivity contribution in [3.63, 3.8) is 0 Å². The molecule has 1 fully saturated rings. The van der Waals surface area contributed by atoms with Crippen molar-refractivity contribution in [2.75, 3.05) is 14.2 Å². The minimum absolute atomic E-state index is 0.0536. The summed E-state index contributed by atoms with van der Waals surface area (Å²) in [5, 5.41) is 0. The summed E-state index contributed by atoms with van der Waals surface area (Å²) < 4.78 is 7.69. The van der Waals surface area contributed by atoms with Crippen molar-refractivity contribution in [2.45, 2.75) is 30.0 Å². The van der Waals surface area contributed by atoms with Gasteiger partial charge in [0.2, 0.25) is 4.32 Å². The number of hydrogen-bond donors (Lipinski definition) is 0. The molecule has 1 aliphatic carbocycles. The molecular weight excluding hydrogens is 292 g/mol. The number of carbonyl (C=O) groups excluding carboxylic acids is 3. The molecule has 5 nitrogen and oxygen atoms in total. The van der Waals surface area contributed by atoms with E-state index >= 15 is 0 Å². The lowest BCUT2D eigenvalue weighted by atomic mass is 9.79. The Kier molecular flexibility index (Phi) is 4.68. The van der Waals surface area contributed by atoms with E-state index in [1.807, 2.05) is 0 Å². The van der Waals surface area contributed by atoms with Gasteiger partial charge in [-0.3, -0.25) is 4.79 Å². The third-order valence-corrected chi connectivity index (χ3v) is 4.30. The minimum atomic E-state index is -1.56. The molecule has 0 amide bonds. The quantitative estimate of drug-likeness (QED) is 0.445. The predicted molar refractivity (Wildman–Crippen MR) is 62.7 cm³/mol. The number of carbonyl (C=O) groups is 3. The van der Waals surface area contributed by atoms with Crippen LogP contribution in [0.1, 0.15) is 25.7 Å². The monoisotopic (exact) mass is 306 g/mol. The molecule has 0 spiro atoms. The van der Waals surface area contributed by atoms with Crippen molar-refractivity contribution in [2.24, 2.45) is 5.92 Å². The van der Waals surface area contributed by atoms with Crippen molar-refractivity contribution >= 4 is 33.7 Å². The number of methoxy groups -OCH3 is 2. The molecule has 17 heavy (non-hydrogen) atoms. The molecule has 1 aliphatic rings. The zero-order valence-electron chi connectivity index (χ0n) is 9.82. The van der Waals surface area contributed by atoms with Gasteiger partial charge in [0, 0.05) is 18.8 Å². The number of esters is 2. The van der Waals surface area contributed by atoms with Gasteiger partial charge in [0.15, 0.2) is 0 Å². The first kappa shape index (κ1) is 14.2. The van der Waals surface area contributed by atoms with Crippen molar-refractivity contribution in [1.29, 1.82) is 0 Å². The van der Waals surface area contributed by atoms with Crippen LogP contribution in [0.5, 0.6) is 0 Å². The maximum Gasteiger partial charge on any atom is 0.334 e. The maximum atomic E-state index is 11.8. The van der Waals surface area contributed by atoms with E-state index in [0.29, 0.717) is 19.3 Å². The van der Waals surface area contributed by atoms with Gasteiger partial charge in [0.25, 0.3) is 0 Å². The van der Waals surface area contributed by atoms with Crippen molar-refractivity contribution in [1.82, 2.24) is 0 Å². The molecule has 6 heteroatoms. The smallest absolute Gasteiger partial charge is 0.334 e. The number of ketones is 1. The van der Waals surface area contributed by atoms with Gasteiger partial charge in [-0.1, -0.05) is 15.9 Å². The predicted octanol–water partition coefficient (Wildman–Crippen LogP) is 1.23. The van der Waals surface area contributed by atoms with E-state index in [1.54, 1.807) is 0 Å². The Bertz CT molecular complexity index is 323. The third-order valence-electron chi connectivity index (χ3n) is 3.01. The van der Waals surface area contributed by atoms with Crippen LogP contribution >= 0.6 is 15.9 Å². The molecule has 1 unspecified atom stereocenters. The van der Waals surface area contributed by atoms with E-state index in [-0.39, 0.29) is 12.2 Å². The molecule has 0 N–H and O–H groups in total. The van der Waals surface area contributed by atoms with Gasteiger partial charge in [0.05, 0.1) is 14.2 Å². The highest BCUT2D eigenvalue weighted by molar-refractivity contribution is 9.10. The van der Waals surface area contributed by atoms with Gasteiger partial charge >= 0.3 is 11.9 Å². The maximum absolute atomic E-state index is 11.8. The Morgan fingerprint density at radius 1 is 1.29 bits per heavy atom. The first-order valence-electron chi connectivity index (χ1n) is 5.34. The highest BCUT2D eigenvalue weighted by Crippen LogP contribution is 2.39. The SMILES string of the molecule is COC(=O)C(Br)(C(=O)OC)C1CCCC(=O)C1. The second-order valence-electron chi connectivity index (χ2n) is 4.03. The molecule has 0 aliphatic heterocycles. The lowest BCUT2D eigenvalue weighted by Gasteiger charge is -2.32. The van der Waals surface area contributed by atoms with Crippen molar-refractivity contribution in [3.05, 3.63) is 0 Å². The van der Waals surface area contributed by atoms with Crippen LogP contribution in [0.25, 0.3) is 0 Å². The summed E-state index contributed by atoms with van der Waals surface area (Å²) in [6.07, 6.45) is 1.98. The summed E-state index contributed by atoms with van der Waals surface area (Å²) in [4.78, 5) is 34.9. The number of ether oxygens (including phenoxy) is 2. The van der Waals surface area contributed by atoms with E-state index in [0.717, 1.165) is 0 Å². The van der Waals surface area contributed by atoms with Gasteiger partial charge < -0.3 is 9.47 Å². The number of hydrogen-bond acceptors (Lipinski definition) is 5. The Balaban J connectivity index is 3.00. The third kappa shape index (κ3) is 2.68. The fraction of sp³-hybridized carbons (Fsp3) is 0.727. The van der Waals surface area contributed by atoms with Crippen LogP contribution in [0, 0.1) is 5.92 Å². The Hall–Kier alpha value is -0.910. The second kappa shape index (κ2) is 5.62. The van der Waals surface area contributed by atoms with Gasteiger partial charge in [-0.2, -0.15) is 0 Å². The normalized spacial score (nSPS) is 20.9. The molecule has 0 radical (unpaired) electrons. The number of Topliss-reactive ketones (excluding diaryl/α,β-unsaturated/α-hetero) is 1. The Labute approximate surface area is 108 Å². The molecule has 96 valence electrons. The molecule has 0 saturated heterocycles. The van der Waals surface area contributed by atoms with Crippen LogP contribution in [-0.2, 0) is 23.9 Å². The summed E-state index contributed by atoms with van der Waals surface area (Å²) in [6, 6.07) is 0. The van der Waals surface area contributed by atoms with Crippen LogP contribution < -0.4 is 0 Å². The summed E-state index contributed by atoms with van der Waals surface area (Å²) in [6.45, 7) is 0. The van der Waals surface area contributed by atoms with E-state index < -0.39 is 22.2 Å². The molecule has 1 saturated carbocycles. The fourth-order valence-electron chi connectivity index (χ4n) is 2.08. The molecule has 0 bridgehead atoms. The molecule has 1 rings (SSSR count). The standard InChI is InChI=1S/C11H15BrO5/c1-16-9(14)11(12,10(15)17-2)7-4-3-5-8(13)6-7/h7H,3-6H2,1-2H3. The zero-order chi connectivity index (χ0) is 13.1. The molecule has 0 aromatic heterocycles. The number of halogens is 1. The van der Waals surface area contributed by atoms with E-state index in [2.05, 4.69) is 25.4 Å². The number of alkyl halides is 1. The summed E-state index contributed by atoms with van der Waals surface area (Å²) in [5.41, 5.74) is 0. The zero-order valence-corrected chi connectivity index (χ0v) is 11.4. The summed E-state index contributed by atoms with van der Waals surface area (Å²) >= 11 is 3.12. The minimum Gasteiger partial charge on any atom is -0.468 e. The highest BCUT2D eigenvalue weighted by Gasteiger charge is 2.53. The molecule has 1 atom stereocenters. The molecular formula is C11H15BrO5. The van der Waals surface area contributed by atoms with Gasteiger partial charge in [0.1, 0.15) is 5.78 Å². The van der Waals surface area contributed by atoms with E-state index in [1.165, 1.54) is 14.2 Å². The van der Waals surface area contributed by atoms with Crippen LogP contribution in [0.3, 0.4) is 0 Å². The lowest BCUT2D eigenvalue weighted by molar-refractivity contribution is -0.158. The average Bonchev–Trinajstić information content (AvgIpc) is 2.35. The summed E-state index contributed by atoms with van der Waals surface area (Å²) in [7, 11) is 2.40. The lowest BCUT2D eigenvalue weighted by Crippen LogP contribution is -2.50. The molecule has 0 aromatic rings. The number of rotatable bonds is 3.